The Morgan fingerprint density at radius 2 is 2.24 bits per heavy atom. The van der Waals surface area contributed by atoms with Gasteiger partial charge >= 0.3 is 0 Å². The van der Waals surface area contributed by atoms with Crippen LogP contribution in [0, 0.1) is 11.8 Å². The van der Waals surface area contributed by atoms with Gasteiger partial charge in [-0.15, -0.1) is 24.0 Å². The lowest BCUT2D eigenvalue weighted by molar-refractivity contribution is 0.157. The maximum Gasteiger partial charge on any atom is 0.193 e. The van der Waals surface area contributed by atoms with E-state index in [4.69, 9.17) is 4.74 Å². The second kappa shape index (κ2) is 6.78. The van der Waals surface area contributed by atoms with Gasteiger partial charge in [0, 0.05) is 39.2 Å². The maximum atomic E-state index is 5.21. The van der Waals surface area contributed by atoms with E-state index in [1.165, 1.54) is 12.8 Å². The molecule has 2 rings (SSSR count). The molecule has 0 spiro atoms. The van der Waals surface area contributed by atoms with Gasteiger partial charge in [0.05, 0.1) is 6.61 Å². The average molecular weight is 353 g/mol. The van der Waals surface area contributed by atoms with Crippen molar-refractivity contribution in [2.45, 2.75) is 25.8 Å². The number of nitrogens with zero attached hydrogens (tertiary/aromatic N) is 2. The quantitative estimate of drug-likeness (QED) is 0.475. The van der Waals surface area contributed by atoms with E-state index in [-0.39, 0.29) is 24.0 Å². The van der Waals surface area contributed by atoms with Crippen molar-refractivity contribution in [2.75, 3.05) is 33.9 Å². The zero-order valence-electron chi connectivity index (χ0n) is 11.0. The van der Waals surface area contributed by atoms with Gasteiger partial charge in [0.1, 0.15) is 0 Å². The van der Waals surface area contributed by atoms with Crippen molar-refractivity contribution in [2.24, 2.45) is 16.8 Å². The molecule has 4 nitrogen and oxygen atoms in total. The van der Waals surface area contributed by atoms with Gasteiger partial charge in [-0.05, 0) is 18.8 Å². The number of likely N-dealkylation sites (tertiary alicyclic amines) is 1. The summed E-state index contributed by atoms with van der Waals surface area (Å²) in [5.74, 6) is 2.56. The first kappa shape index (κ1) is 15.0. The van der Waals surface area contributed by atoms with E-state index in [1.54, 1.807) is 7.11 Å². The number of ether oxygens (including phenoxy) is 1. The lowest BCUT2D eigenvalue weighted by Gasteiger charge is -2.21. The highest BCUT2D eigenvalue weighted by molar-refractivity contribution is 14.0. The predicted octanol–water partition coefficient (Wildman–Crippen LogP) is 1.56. The Kier molecular flexibility index (Phi) is 5.99. The highest BCUT2D eigenvalue weighted by atomic mass is 127. The summed E-state index contributed by atoms with van der Waals surface area (Å²) in [5, 5.41) is 3.53. The van der Waals surface area contributed by atoms with Crippen LogP contribution in [0.3, 0.4) is 0 Å². The Morgan fingerprint density at radius 1 is 1.53 bits per heavy atom. The molecule has 0 aromatic heterocycles. The van der Waals surface area contributed by atoms with Crippen LogP contribution in [0.25, 0.3) is 0 Å². The molecule has 3 unspecified atom stereocenters. The molecular weight excluding hydrogens is 329 g/mol. The van der Waals surface area contributed by atoms with E-state index in [0.717, 1.165) is 31.6 Å². The van der Waals surface area contributed by atoms with Crippen LogP contribution in [-0.2, 0) is 4.74 Å². The van der Waals surface area contributed by atoms with Crippen LogP contribution >= 0.6 is 24.0 Å². The molecule has 17 heavy (non-hydrogen) atoms. The molecule has 2 aliphatic rings. The van der Waals surface area contributed by atoms with Crippen molar-refractivity contribution in [1.82, 2.24) is 10.2 Å². The third kappa shape index (κ3) is 3.98. The van der Waals surface area contributed by atoms with Crippen molar-refractivity contribution >= 4 is 29.9 Å². The number of hydrogen-bond acceptors (Lipinski definition) is 2. The molecule has 100 valence electrons. The highest BCUT2D eigenvalue weighted by Gasteiger charge is 2.35. The van der Waals surface area contributed by atoms with Gasteiger partial charge < -0.3 is 15.0 Å². The van der Waals surface area contributed by atoms with Crippen molar-refractivity contribution in [3.63, 3.8) is 0 Å². The van der Waals surface area contributed by atoms with Gasteiger partial charge in [0.15, 0.2) is 5.96 Å². The second-order valence-electron chi connectivity index (χ2n) is 5.07. The summed E-state index contributed by atoms with van der Waals surface area (Å²) >= 11 is 0. The number of halogens is 1. The van der Waals surface area contributed by atoms with Gasteiger partial charge in [-0.3, -0.25) is 4.99 Å². The molecule has 1 heterocycles. The molecule has 0 bridgehead atoms. The summed E-state index contributed by atoms with van der Waals surface area (Å²) in [4.78, 5) is 6.73. The monoisotopic (exact) mass is 353 g/mol. The average Bonchev–Trinajstić information content (AvgIpc) is 2.78. The number of rotatable bonds is 3. The fourth-order valence-electron chi connectivity index (χ4n) is 2.38. The number of aliphatic imine (C=N–C) groups is 1. The van der Waals surface area contributed by atoms with Gasteiger partial charge in [0.2, 0.25) is 0 Å². The minimum Gasteiger partial charge on any atom is -0.384 e. The lowest BCUT2D eigenvalue weighted by atomic mass is 10.1. The molecule has 0 aromatic carbocycles. The number of nitrogens with one attached hydrogen (secondary N) is 1. The van der Waals surface area contributed by atoms with Crippen LogP contribution in [0.5, 0.6) is 0 Å². The highest BCUT2D eigenvalue weighted by Crippen LogP contribution is 2.29. The van der Waals surface area contributed by atoms with Crippen molar-refractivity contribution < 1.29 is 4.74 Å². The molecule has 1 aliphatic carbocycles. The van der Waals surface area contributed by atoms with Gasteiger partial charge in [0.25, 0.3) is 0 Å². The van der Waals surface area contributed by atoms with E-state index in [1.807, 2.05) is 7.05 Å². The molecule has 0 radical (unpaired) electrons. The van der Waals surface area contributed by atoms with Gasteiger partial charge in [-0.1, -0.05) is 6.92 Å². The minimum atomic E-state index is 0. The zero-order chi connectivity index (χ0) is 11.5. The molecule has 0 amide bonds. The summed E-state index contributed by atoms with van der Waals surface area (Å²) < 4.78 is 5.21. The normalized spacial score (nSPS) is 32.3. The number of guanidine groups is 1. The van der Waals surface area contributed by atoms with E-state index in [9.17, 15) is 0 Å². The molecular formula is C12H24IN3O. The molecule has 2 fully saturated rings. The van der Waals surface area contributed by atoms with Crippen LogP contribution in [0.15, 0.2) is 4.99 Å². The third-order valence-electron chi connectivity index (χ3n) is 3.62. The predicted molar refractivity (Wildman–Crippen MR) is 81.0 cm³/mol. The number of hydrogen-bond donors (Lipinski definition) is 1. The molecule has 3 atom stereocenters. The first-order chi connectivity index (χ1) is 7.74. The molecule has 1 saturated heterocycles. The van der Waals surface area contributed by atoms with Crippen molar-refractivity contribution in [1.29, 1.82) is 0 Å². The van der Waals surface area contributed by atoms with Gasteiger partial charge in [-0.2, -0.15) is 0 Å². The first-order valence-electron chi connectivity index (χ1n) is 6.21. The summed E-state index contributed by atoms with van der Waals surface area (Å²) in [7, 11) is 3.65. The molecule has 1 N–H and O–H groups in total. The summed E-state index contributed by atoms with van der Waals surface area (Å²) in [6.07, 6.45) is 2.50. The number of methoxy groups -OCH3 is 1. The minimum absolute atomic E-state index is 0. The van der Waals surface area contributed by atoms with Crippen molar-refractivity contribution in [3.05, 3.63) is 0 Å². The summed E-state index contributed by atoms with van der Waals surface area (Å²) in [5.41, 5.74) is 0. The Labute approximate surface area is 121 Å². The Morgan fingerprint density at radius 3 is 2.76 bits per heavy atom. The first-order valence-corrected chi connectivity index (χ1v) is 6.21. The van der Waals surface area contributed by atoms with E-state index >= 15 is 0 Å². The van der Waals surface area contributed by atoms with E-state index < -0.39 is 0 Å². The fraction of sp³-hybridized carbons (Fsp3) is 0.917. The van der Waals surface area contributed by atoms with Gasteiger partial charge in [-0.25, -0.2) is 0 Å². The molecule has 1 aliphatic heterocycles. The SMILES string of the molecule is CN=C(NC1CC1C)N1CCC(COC)C1.I. The third-order valence-corrected chi connectivity index (χ3v) is 3.62. The summed E-state index contributed by atoms with van der Waals surface area (Å²) in [6.45, 7) is 5.33. The molecule has 1 saturated carbocycles. The van der Waals surface area contributed by atoms with Crippen LogP contribution in [-0.4, -0.2) is 50.8 Å². The Bertz CT molecular complexity index is 272. The van der Waals surface area contributed by atoms with Crippen LogP contribution < -0.4 is 5.32 Å². The van der Waals surface area contributed by atoms with Crippen LogP contribution in [0.2, 0.25) is 0 Å². The zero-order valence-corrected chi connectivity index (χ0v) is 13.3. The lowest BCUT2D eigenvalue weighted by Crippen LogP contribution is -2.41. The van der Waals surface area contributed by atoms with Crippen LogP contribution in [0.1, 0.15) is 19.8 Å². The fourth-order valence-corrected chi connectivity index (χ4v) is 2.38. The van der Waals surface area contributed by atoms with E-state index in [2.05, 4.69) is 22.1 Å². The largest absolute Gasteiger partial charge is 0.384 e. The smallest absolute Gasteiger partial charge is 0.193 e. The van der Waals surface area contributed by atoms with E-state index in [0.29, 0.717) is 12.0 Å². The molecule has 5 heteroatoms. The Balaban J connectivity index is 0.00000144. The standard InChI is InChI=1S/C12H23N3O.HI/c1-9-6-11(9)14-12(13-2)15-5-4-10(7-15)8-16-3;/h9-11H,4-8H2,1-3H3,(H,13,14);1H. The molecule has 0 aromatic rings. The summed E-state index contributed by atoms with van der Waals surface area (Å²) in [6, 6.07) is 0.653. The second-order valence-corrected chi connectivity index (χ2v) is 5.07. The maximum absolute atomic E-state index is 5.21. The topological polar surface area (TPSA) is 36.9 Å². The van der Waals surface area contributed by atoms with Crippen LogP contribution in [0.4, 0.5) is 0 Å². The Hall–Kier alpha value is -0.0400. The van der Waals surface area contributed by atoms with Crippen molar-refractivity contribution in [3.8, 4) is 0 Å².